The van der Waals surface area contributed by atoms with Crippen LogP contribution in [0.4, 0.5) is 4.79 Å². The Morgan fingerprint density at radius 2 is 1.81 bits per heavy atom. The van der Waals surface area contributed by atoms with Crippen molar-refractivity contribution < 1.29 is 28.2 Å². The number of benzene rings is 2. The quantitative estimate of drug-likeness (QED) is 0.501. The number of carbonyl (C=O) groups is 2. The third-order valence-corrected chi connectivity index (χ3v) is 4.60. The van der Waals surface area contributed by atoms with E-state index in [9.17, 15) is 9.59 Å². The molecule has 1 aromatic heterocycles. The maximum Gasteiger partial charge on any atom is 0.407 e. The molecule has 0 saturated carbocycles. The highest BCUT2D eigenvalue weighted by molar-refractivity contribution is 5.82. The fourth-order valence-corrected chi connectivity index (χ4v) is 3.29. The van der Waals surface area contributed by atoms with Gasteiger partial charge in [0.25, 0.3) is 0 Å². The van der Waals surface area contributed by atoms with Gasteiger partial charge in [-0.15, -0.1) is 0 Å². The number of para-hydroxylation sites is 1. The van der Waals surface area contributed by atoms with Crippen LogP contribution in [0.15, 0.2) is 46.9 Å². The molecule has 0 fully saturated rings. The molecule has 1 N–H and O–H groups in total. The standard InChI is InChI=1S/C24H27NO6/c1-4-28-22(26)13-18-8-6-7-9-21(18)30-15-17-10-16(3)23-19(11-17)12-20(31-23)14-25-24(27)29-5-2/h6-12H,4-5,13-15H2,1-3H3,(H,25,27). The number of esters is 1. The van der Waals surface area contributed by atoms with E-state index in [2.05, 4.69) is 5.32 Å². The second-order valence-corrected chi connectivity index (χ2v) is 7.00. The fourth-order valence-electron chi connectivity index (χ4n) is 3.29. The summed E-state index contributed by atoms with van der Waals surface area (Å²) in [5.41, 5.74) is 3.50. The van der Waals surface area contributed by atoms with Gasteiger partial charge in [-0.3, -0.25) is 4.79 Å². The number of alkyl carbamates (subject to hydrolysis) is 1. The second kappa shape index (κ2) is 10.5. The Morgan fingerprint density at radius 1 is 1.03 bits per heavy atom. The summed E-state index contributed by atoms with van der Waals surface area (Å²) >= 11 is 0. The Labute approximate surface area is 181 Å². The average molecular weight is 425 g/mol. The maximum absolute atomic E-state index is 11.8. The summed E-state index contributed by atoms with van der Waals surface area (Å²) in [5, 5.41) is 3.58. The van der Waals surface area contributed by atoms with E-state index in [0.717, 1.165) is 27.7 Å². The summed E-state index contributed by atoms with van der Waals surface area (Å²) in [6.07, 6.45) is -0.309. The molecular formula is C24H27NO6. The van der Waals surface area contributed by atoms with Crippen LogP contribution in [0, 0.1) is 6.92 Å². The molecule has 1 heterocycles. The Balaban J connectivity index is 1.70. The van der Waals surface area contributed by atoms with E-state index in [4.69, 9.17) is 18.6 Å². The largest absolute Gasteiger partial charge is 0.489 e. The highest BCUT2D eigenvalue weighted by atomic mass is 16.5. The molecule has 7 nitrogen and oxygen atoms in total. The van der Waals surface area contributed by atoms with Crippen molar-refractivity contribution in [1.82, 2.24) is 5.32 Å². The number of hydrogen-bond donors (Lipinski definition) is 1. The Morgan fingerprint density at radius 3 is 2.58 bits per heavy atom. The highest BCUT2D eigenvalue weighted by Gasteiger charge is 2.12. The molecule has 0 aliphatic rings. The van der Waals surface area contributed by atoms with Crippen LogP contribution in [0.3, 0.4) is 0 Å². The first kappa shape index (κ1) is 22.2. The normalized spacial score (nSPS) is 10.7. The van der Waals surface area contributed by atoms with Crippen LogP contribution in [0.1, 0.15) is 36.3 Å². The molecule has 0 aliphatic carbocycles. The van der Waals surface area contributed by atoms with E-state index in [1.54, 1.807) is 13.8 Å². The van der Waals surface area contributed by atoms with Gasteiger partial charge in [-0.2, -0.15) is 0 Å². The van der Waals surface area contributed by atoms with E-state index in [-0.39, 0.29) is 18.9 Å². The summed E-state index contributed by atoms with van der Waals surface area (Å²) in [6, 6.07) is 13.3. The summed E-state index contributed by atoms with van der Waals surface area (Å²) in [4.78, 5) is 23.3. The lowest BCUT2D eigenvalue weighted by atomic mass is 10.1. The van der Waals surface area contributed by atoms with E-state index < -0.39 is 6.09 Å². The molecule has 0 unspecified atom stereocenters. The number of amides is 1. The van der Waals surface area contributed by atoms with Gasteiger partial charge in [0, 0.05) is 10.9 Å². The van der Waals surface area contributed by atoms with Gasteiger partial charge in [0.05, 0.1) is 26.2 Å². The Bertz CT molecular complexity index is 1060. The minimum atomic E-state index is -0.477. The molecule has 0 radical (unpaired) electrons. The van der Waals surface area contributed by atoms with Crippen LogP contribution in [-0.2, 0) is 33.8 Å². The molecule has 0 atom stereocenters. The molecular weight excluding hydrogens is 398 g/mol. The summed E-state index contributed by atoms with van der Waals surface area (Å²) in [5.74, 6) is 1.02. The lowest BCUT2D eigenvalue weighted by molar-refractivity contribution is -0.142. The molecule has 0 bridgehead atoms. The predicted octanol–water partition coefficient (Wildman–Crippen LogP) is 4.67. The van der Waals surface area contributed by atoms with Crippen molar-refractivity contribution >= 4 is 23.0 Å². The SMILES string of the molecule is CCOC(=O)Cc1ccccc1OCc1cc(C)c2oc(CNC(=O)OCC)cc2c1. The number of nitrogens with one attached hydrogen (secondary N) is 1. The fraction of sp³-hybridized carbons (Fsp3) is 0.333. The molecule has 1 amide bonds. The number of aryl methyl sites for hydroxylation is 1. The van der Waals surface area contributed by atoms with Crippen molar-refractivity contribution in [2.45, 2.75) is 40.3 Å². The molecule has 2 aromatic carbocycles. The zero-order valence-electron chi connectivity index (χ0n) is 18.0. The van der Waals surface area contributed by atoms with Gasteiger partial charge in [-0.1, -0.05) is 18.2 Å². The summed E-state index contributed by atoms with van der Waals surface area (Å²) in [7, 11) is 0. The summed E-state index contributed by atoms with van der Waals surface area (Å²) < 4.78 is 21.8. The molecule has 0 aliphatic heterocycles. The predicted molar refractivity (Wildman–Crippen MR) is 116 cm³/mol. The lowest BCUT2D eigenvalue weighted by Gasteiger charge is -2.12. The molecule has 3 aromatic rings. The van der Waals surface area contributed by atoms with Crippen molar-refractivity contribution in [3.63, 3.8) is 0 Å². The van der Waals surface area contributed by atoms with E-state index >= 15 is 0 Å². The third kappa shape index (κ3) is 6.01. The van der Waals surface area contributed by atoms with Crippen molar-refractivity contribution in [2.24, 2.45) is 0 Å². The van der Waals surface area contributed by atoms with Crippen LogP contribution in [0.5, 0.6) is 5.75 Å². The third-order valence-electron chi connectivity index (χ3n) is 4.60. The van der Waals surface area contributed by atoms with Crippen LogP contribution in [0.25, 0.3) is 11.0 Å². The van der Waals surface area contributed by atoms with Crippen LogP contribution < -0.4 is 10.1 Å². The molecule has 7 heteroatoms. The number of rotatable bonds is 9. The number of hydrogen-bond acceptors (Lipinski definition) is 6. The van der Waals surface area contributed by atoms with Crippen molar-refractivity contribution in [2.75, 3.05) is 13.2 Å². The minimum Gasteiger partial charge on any atom is -0.489 e. The van der Waals surface area contributed by atoms with E-state index in [1.807, 2.05) is 49.4 Å². The molecule has 0 spiro atoms. The Kier molecular flexibility index (Phi) is 7.54. The first-order chi connectivity index (χ1) is 15.0. The zero-order valence-corrected chi connectivity index (χ0v) is 18.0. The van der Waals surface area contributed by atoms with Crippen LogP contribution >= 0.6 is 0 Å². The molecule has 164 valence electrons. The van der Waals surface area contributed by atoms with Gasteiger partial charge < -0.3 is 23.9 Å². The van der Waals surface area contributed by atoms with Crippen LogP contribution in [-0.4, -0.2) is 25.3 Å². The molecule has 0 saturated heterocycles. The van der Waals surface area contributed by atoms with Crippen molar-refractivity contribution in [3.8, 4) is 5.75 Å². The molecule has 3 rings (SSSR count). The Hall–Kier alpha value is -3.48. The zero-order chi connectivity index (χ0) is 22.2. The molecule has 31 heavy (non-hydrogen) atoms. The van der Waals surface area contributed by atoms with Gasteiger partial charge in [-0.05, 0) is 56.2 Å². The van der Waals surface area contributed by atoms with Gasteiger partial charge in [0.2, 0.25) is 0 Å². The van der Waals surface area contributed by atoms with E-state index in [0.29, 0.717) is 31.3 Å². The van der Waals surface area contributed by atoms with Crippen LogP contribution in [0.2, 0.25) is 0 Å². The average Bonchev–Trinajstić information content (AvgIpc) is 3.16. The maximum atomic E-state index is 11.8. The topological polar surface area (TPSA) is 87.0 Å². The second-order valence-electron chi connectivity index (χ2n) is 7.00. The van der Waals surface area contributed by atoms with Gasteiger partial charge in [0.15, 0.2) is 0 Å². The number of furan rings is 1. The number of fused-ring (bicyclic) bond motifs is 1. The van der Waals surface area contributed by atoms with Gasteiger partial charge >= 0.3 is 12.1 Å². The van der Waals surface area contributed by atoms with E-state index in [1.165, 1.54) is 0 Å². The van der Waals surface area contributed by atoms with Gasteiger partial charge in [0.1, 0.15) is 23.7 Å². The summed E-state index contributed by atoms with van der Waals surface area (Å²) in [6.45, 7) is 6.77. The first-order valence-electron chi connectivity index (χ1n) is 10.3. The highest BCUT2D eigenvalue weighted by Crippen LogP contribution is 2.26. The van der Waals surface area contributed by atoms with Crippen molar-refractivity contribution in [1.29, 1.82) is 0 Å². The number of carbonyl (C=O) groups excluding carboxylic acids is 2. The minimum absolute atomic E-state index is 0.167. The smallest absolute Gasteiger partial charge is 0.407 e. The first-order valence-corrected chi connectivity index (χ1v) is 10.3. The lowest BCUT2D eigenvalue weighted by Crippen LogP contribution is -2.23. The van der Waals surface area contributed by atoms with Crippen molar-refractivity contribution in [3.05, 3.63) is 64.9 Å². The monoisotopic (exact) mass is 425 g/mol. The number of ether oxygens (including phenoxy) is 3. The van der Waals surface area contributed by atoms with Gasteiger partial charge in [-0.25, -0.2) is 4.79 Å².